The van der Waals surface area contributed by atoms with Crippen molar-refractivity contribution in [2.45, 2.75) is 32.2 Å². The Hall–Kier alpha value is -1.39. The van der Waals surface area contributed by atoms with Gasteiger partial charge in [-0.15, -0.1) is 11.3 Å². The average molecular weight is 300 g/mol. The largest absolute Gasteiger partial charge is 0.355 e. The highest BCUT2D eigenvalue weighted by molar-refractivity contribution is 7.22. The molecule has 1 unspecified atom stereocenters. The van der Waals surface area contributed by atoms with Crippen LogP contribution >= 0.6 is 22.7 Å². The third kappa shape index (κ3) is 2.13. The molecule has 2 heterocycles. The number of aryl methyl sites for hydroxylation is 2. The number of fused-ring (bicyclic) bond motifs is 2. The van der Waals surface area contributed by atoms with Crippen LogP contribution in [0.3, 0.4) is 0 Å². The summed E-state index contributed by atoms with van der Waals surface area (Å²) in [5, 5.41) is 6.91. The van der Waals surface area contributed by atoms with Gasteiger partial charge in [0.15, 0.2) is 5.13 Å². The van der Waals surface area contributed by atoms with Crippen LogP contribution in [0.2, 0.25) is 0 Å². The molecule has 0 amide bonds. The molecule has 0 bridgehead atoms. The van der Waals surface area contributed by atoms with Crippen LogP contribution in [0.5, 0.6) is 0 Å². The molecule has 0 saturated carbocycles. The van der Waals surface area contributed by atoms with Crippen LogP contribution < -0.4 is 5.32 Å². The fourth-order valence-corrected chi connectivity index (χ4v) is 4.77. The SMILES string of the molecule is Cc1ccc2sc(NC3CCCc4sccc43)nc2c1. The van der Waals surface area contributed by atoms with Crippen molar-refractivity contribution in [2.75, 3.05) is 5.32 Å². The highest BCUT2D eigenvalue weighted by atomic mass is 32.1. The van der Waals surface area contributed by atoms with Crippen LogP contribution in [0.1, 0.15) is 34.9 Å². The lowest BCUT2D eigenvalue weighted by molar-refractivity contribution is 0.608. The molecule has 0 radical (unpaired) electrons. The summed E-state index contributed by atoms with van der Waals surface area (Å²) in [4.78, 5) is 6.28. The summed E-state index contributed by atoms with van der Waals surface area (Å²) in [7, 11) is 0. The molecule has 0 saturated heterocycles. The summed E-state index contributed by atoms with van der Waals surface area (Å²) in [6.07, 6.45) is 3.72. The van der Waals surface area contributed by atoms with Crippen molar-refractivity contribution in [1.29, 1.82) is 0 Å². The van der Waals surface area contributed by atoms with Gasteiger partial charge < -0.3 is 5.32 Å². The third-order valence-electron chi connectivity index (χ3n) is 3.89. The number of hydrogen-bond donors (Lipinski definition) is 1. The number of nitrogens with zero attached hydrogens (tertiary/aromatic N) is 1. The molecule has 20 heavy (non-hydrogen) atoms. The summed E-state index contributed by atoms with van der Waals surface area (Å²) in [5.74, 6) is 0. The lowest BCUT2D eigenvalue weighted by Gasteiger charge is -2.23. The van der Waals surface area contributed by atoms with Crippen molar-refractivity contribution in [1.82, 2.24) is 4.98 Å². The Labute approximate surface area is 126 Å². The number of thiazole rings is 1. The number of thiophene rings is 1. The number of rotatable bonds is 2. The van der Waals surface area contributed by atoms with Gasteiger partial charge >= 0.3 is 0 Å². The highest BCUT2D eigenvalue weighted by Gasteiger charge is 2.21. The molecule has 102 valence electrons. The summed E-state index contributed by atoms with van der Waals surface area (Å²) < 4.78 is 1.26. The molecule has 2 nitrogen and oxygen atoms in total. The Morgan fingerprint density at radius 3 is 3.20 bits per heavy atom. The zero-order valence-electron chi connectivity index (χ0n) is 11.3. The van der Waals surface area contributed by atoms with Gasteiger partial charge in [0.05, 0.1) is 16.3 Å². The molecule has 1 aliphatic rings. The molecule has 0 spiro atoms. The molecule has 4 rings (SSSR count). The van der Waals surface area contributed by atoms with Gasteiger partial charge in [-0.25, -0.2) is 4.98 Å². The van der Waals surface area contributed by atoms with Gasteiger partial charge in [0.2, 0.25) is 0 Å². The smallest absolute Gasteiger partial charge is 0.184 e. The Kier molecular flexibility index (Phi) is 3.00. The second-order valence-electron chi connectivity index (χ2n) is 5.38. The van der Waals surface area contributed by atoms with Crippen LogP contribution in [0, 0.1) is 6.92 Å². The van der Waals surface area contributed by atoms with Gasteiger partial charge in [0, 0.05) is 4.88 Å². The van der Waals surface area contributed by atoms with Gasteiger partial charge in [-0.2, -0.15) is 0 Å². The first-order chi connectivity index (χ1) is 9.79. The van der Waals surface area contributed by atoms with Gasteiger partial charge in [-0.3, -0.25) is 0 Å². The first-order valence-corrected chi connectivity index (χ1v) is 8.69. The second kappa shape index (κ2) is 4.86. The number of aromatic nitrogens is 1. The quantitative estimate of drug-likeness (QED) is 0.707. The van der Waals surface area contributed by atoms with Crippen molar-refractivity contribution in [3.05, 3.63) is 45.6 Å². The summed E-state index contributed by atoms with van der Waals surface area (Å²) in [6, 6.07) is 9.20. The maximum Gasteiger partial charge on any atom is 0.184 e. The fraction of sp³-hybridized carbons (Fsp3) is 0.312. The molecular formula is C16H16N2S2. The van der Waals surface area contributed by atoms with Crippen molar-refractivity contribution in [3.8, 4) is 0 Å². The van der Waals surface area contributed by atoms with Gasteiger partial charge in [0.25, 0.3) is 0 Å². The lowest BCUT2D eigenvalue weighted by Crippen LogP contribution is -2.15. The van der Waals surface area contributed by atoms with Crippen molar-refractivity contribution < 1.29 is 0 Å². The minimum absolute atomic E-state index is 0.437. The Balaban J connectivity index is 1.65. The van der Waals surface area contributed by atoms with Gasteiger partial charge in [0.1, 0.15) is 0 Å². The summed E-state index contributed by atoms with van der Waals surface area (Å²) in [5.41, 5.74) is 3.86. The van der Waals surface area contributed by atoms with Crippen molar-refractivity contribution in [2.24, 2.45) is 0 Å². The predicted molar refractivity (Wildman–Crippen MR) is 88.0 cm³/mol. The second-order valence-corrected chi connectivity index (χ2v) is 7.41. The maximum atomic E-state index is 4.74. The predicted octanol–water partition coefficient (Wildman–Crippen LogP) is 5.16. The van der Waals surface area contributed by atoms with E-state index < -0.39 is 0 Å². The number of anilines is 1. The zero-order chi connectivity index (χ0) is 13.5. The first kappa shape index (κ1) is 12.4. The molecular weight excluding hydrogens is 284 g/mol. The van der Waals surface area contributed by atoms with Crippen LogP contribution in [0.15, 0.2) is 29.6 Å². The van der Waals surface area contributed by atoms with E-state index in [1.165, 1.54) is 35.1 Å². The molecule has 1 atom stereocenters. The van der Waals surface area contributed by atoms with Gasteiger partial charge in [-0.05, 0) is 60.9 Å². The molecule has 4 heteroatoms. The van der Waals surface area contributed by atoms with Crippen LogP contribution in [-0.2, 0) is 6.42 Å². The summed E-state index contributed by atoms with van der Waals surface area (Å²) in [6.45, 7) is 2.12. The van der Waals surface area contributed by atoms with Gasteiger partial charge in [-0.1, -0.05) is 17.4 Å². The van der Waals surface area contributed by atoms with E-state index in [9.17, 15) is 0 Å². The van der Waals surface area contributed by atoms with E-state index in [1.807, 2.05) is 11.3 Å². The molecule has 2 aromatic heterocycles. The van der Waals surface area contributed by atoms with E-state index in [0.29, 0.717) is 6.04 Å². The number of hydrogen-bond acceptors (Lipinski definition) is 4. The first-order valence-electron chi connectivity index (χ1n) is 6.99. The van der Waals surface area contributed by atoms with E-state index >= 15 is 0 Å². The van der Waals surface area contributed by atoms with Crippen molar-refractivity contribution >= 4 is 38.0 Å². The van der Waals surface area contributed by atoms with E-state index in [1.54, 1.807) is 16.2 Å². The Morgan fingerprint density at radius 1 is 1.30 bits per heavy atom. The molecule has 3 aromatic rings. The maximum absolute atomic E-state index is 4.74. The minimum atomic E-state index is 0.437. The van der Waals surface area contributed by atoms with Crippen LogP contribution in [-0.4, -0.2) is 4.98 Å². The topological polar surface area (TPSA) is 24.9 Å². The number of benzene rings is 1. The highest BCUT2D eigenvalue weighted by Crippen LogP contribution is 2.37. The van der Waals surface area contributed by atoms with Crippen molar-refractivity contribution in [3.63, 3.8) is 0 Å². The third-order valence-corrected chi connectivity index (χ3v) is 5.86. The van der Waals surface area contributed by atoms with Crippen LogP contribution in [0.25, 0.3) is 10.2 Å². The fourth-order valence-electron chi connectivity index (χ4n) is 2.88. The molecule has 1 aliphatic carbocycles. The summed E-state index contributed by atoms with van der Waals surface area (Å²) >= 11 is 3.65. The van der Waals surface area contributed by atoms with E-state index in [-0.39, 0.29) is 0 Å². The normalized spacial score (nSPS) is 18.1. The monoisotopic (exact) mass is 300 g/mol. The Morgan fingerprint density at radius 2 is 2.25 bits per heavy atom. The average Bonchev–Trinajstić information content (AvgIpc) is 3.04. The Bertz CT molecular complexity index is 757. The molecule has 1 N–H and O–H groups in total. The standard InChI is InChI=1S/C16H16N2S2/c1-10-5-6-15-13(9-10)18-16(20-15)17-12-3-2-4-14-11(12)7-8-19-14/h5-9,12H,2-4H2,1H3,(H,17,18). The zero-order valence-corrected chi connectivity index (χ0v) is 13.0. The van der Waals surface area contributed by atoms with E-state index in [2.05, 4.69) is 41.9 Å². The molecule has 1 aromatic carbocycles. The van der Waals surface area contributed by atoms with Crippen LogP contribution in [0.4, 0.5) is 5.13 Å². The minimum Gasteiger partial charge on any atom is -0.355 e. The van der Waals surface area contributed by atoms with E-state index in [0.717, 1.165) is 10.6 Å². The number of nitrogens with one attached hydrogen (secondary N) is 1. The van der Waals surface area contributed by atoms with E-state index in [4.69, 9.17) is 4.98 Å². The molecule has 0 aliphatic heterocycles. The lowest BCUT2D eigenvalue weighted by atomic mass is 9.94. The molecule has 0 fully saturated rings.